The molecule has 0 radical (unpaired) electrons. The predicted octanol–water partition coefficient (Wildman–Crippen LogP) is 2.93. The van der Waals surface area contributed by atoms with Crippen LogP contribution in [0.4, 0.5) is 4.79 Å². The van der Waals surface area contributed by atoms with E-state index in [0.29, 0.717) is 6.54 Å². The zero-order chi connectivity index (χ0) is 14.8. The first-order valence-corrected chi connectivity index (χ1v) is 7.46. The second-order valence-corrected chi connectivity index (χ2v) is 5.47. The second-order valence-electron chi connectivity index (χ2n) is 5.47. The van der Waals surface area contributed by atoms with Crippen molar-refractivity contribution in [2.75, 3.05) is 13.1 Å². The fourth-order valence-corrected chi connectivity index (χ4v) is 3.05. The maximum Gasteiger partial charge on any atom is 0.318 e. The molecule has 1 unspecified atom stereocenters. The van der Waals surface area contributed by atoms with Gasteiger partial charge >= 0.3 is 6.03 Å². The number of rotatable bonds is 2. The molecular formula is C17H21N3O. The maximum absolute atomic E-state index is 12.4. The van der Waals surface area contributed by atoms with Gasteiger partial charge in [0.15, 0.2) is 0 Å². The smallest absolute Gasteiger partial charge is 0.318 e. The number of fused-ring (bicyclic) bond motifs is 1. The first-order chi connectivity index (χ1) is 10.2. The summed E-state index contributed by atoms with van der Waals surface area (Å²) >= 11 is 0. The van der Waals surface area contributed by atoms with Gasteiger partial charge in [-0.05, 0) is 31.5 Å². The van der Waals surface area contributed by atoms with Crippen LogP contribution in [0.25, 0.3) is 0 Å². The van der Waals surface area contributed by atoms with Crippen LogP contribution in [0.1, 0.15) is 29.8 Å². The standard InChI is InChI=1S/C17H21N3O/c1-3-18-17(21)20-11-10-19-9-5-8-15(19)16(20)14-7-4-6-13(2)12-14/h4-9,12,16H,3,10-11H2,1-2H3,(H,18,21). The molecule has 4 heteroatoms. The average Bonchev–Trinajstić information content (AvgIpc) is 2.94. The minimum Gasteiger partial charge on any atom is -0.348 e. The van der Waals surface area contributed by atoms with Crippen LogP contribution < -0.4 is 5.32 Å². The molecule has 2 amide bonds. The molecular weight excluding hydrogens is 262 g/mol. The number of nitrogens with zero attached hydrogens (tertiary/aromatic N) is 2. The molecule has 2 heterocycles. The third-order valence-corrected chi connectivity index (χ3v) is 3.99. The van der Waals surface area contributed by atoms with E-state index in [1.165, 1.54) is 16.8 Å². The van der Waals surface area contributed by atoms with E-state index in [-0.39, 0.29) is 12.1 Å². The lowest BCUT2D eigenvalue weighted by atomic mass is 9.98. The van der Waals surface area contributed by atoms with Crippen LogP contribution in [-0.2, 0) is 6.54 Å². The molecule has 2 aromatic rings. The molecule has 0 spiro atoms. The Labute approximate surface area is 125 Å². The molecule has 4 nitrogen and oxygen atoms in total. The average molecular weight is 283 g/mol. The van der Waals surface area contributed by atoms with E-state index in [2.05, 4.69) is 59.4 Å². The summed E-state index contributed by atoms with van der Waals surface area (Å²) in [6.45, 7) is 6.26. The maximum atomic E-state index is 12.4. The number of carbonyl (C=O) groups excluding carboxylic acids is 1. The fraction of sp³-hybridized carbons (Fsp3) is 0.353. The van der Waals surface area contributed by atoms with Gasteiger partial charge in [0.1, 0.15) is 0 Å². The number of amides is 2. The number of hydrogen-bond acceptors (Lipinski definition) is 1. The second kappa shape index (κ2) is 5.64. The molecule has 1 aliphatic rings. The molecule has 1 aromatic carbocycles. The van der Waals surface area contributed by atoms with E-state index < -0.39 is 0 Å². The van der Waals surface area contributed by atoms with Gasteiger partial charge in [0, 0.05) is 31.5 Å². The van der Waals surface area contributed by atoms with Gasteiger partial charge < -0.3 is 14.8 Å². The number of aryl methyl sites for hydroxylation is 1. The quantitative estimate of drug-likeness (QED) is 0.904. The lowest BCUT2D eigenvalue weighted by molar-refractivity contribution is 0.169. The summed E-state index contributed by atoms with van der Waals surface area (Å²) in [6.07, 6.45) is 2.09. The molecule has 1 aromatic heterocycles. The Bertz CT molecular complexity index is 647. The summed E-state index contributed by atoms with van der Waals surface area (Å²) in [6, 6.07) is 12.6. The number of hydrogen-bond donors (Lipinski definition) is 1. The van der Waals surface area contributed by atoms with Crippen LogP contribution in [0.5, 0.6) is 0 Å². The Kier molecular flexibility index (Phi) is 3.69. The lowest BCUT2D eigenvalue weighted by Crippen LogP contribution is -2.47. The number of aromatic nitrogens is 1. The van der Waals surface area contributed by atoms with Gasteiger partial charge in [-0.1, -0.05) is 29.8 Å². The van der Waals surface area contributed by atoms with Crippen LogP contribution >= 0.6 is 0 Å². The van der Waals surface area contributed by atoms with Crippen molar-refractivity contribution in [2.24, 2.45) is 0 Å². The fourth-order valence-electron chi connectivity index (χ4n) is 3.05. The first-order valence-electron chi connectivity index (χ1n) is 7.46. The van der Waals surface area contributed by atoms with Gasteiger partial charge in [-0.15, -0.1) is 0 Å². The zero-order valence-electron chi connectivity index (χ0n) is 12.5. The highest BCUT2D eigenvalue weighted by Crippen LogP contribution is 2.32. The van der Waals surface area contributed by atoms with Crippen molar-refractivity contribution in [1.29, 1.82) is 0 Å². The number of carbonyl (C=O) groups is 1. The van der Waals surface area contributed by atoms with Gasteiger partial charge in [-0.25, -0.2) is 4.79 Å². The van der Waals surface area contributed by atoms with Gasteiger partial charge in [0.05, 0.1) is 6.04 Å². The van der Waals surface area contributed by atoms with Crippen molar-refractivity contribution in [3.63, 3.8) is 0 Å². The third-order valence-electron chi connectivity index (χ3n) is 3.99. The van der Waals surface area contributed by atoms with Gasteiger partial charge in [0.2, 0.25) is 0 Å². The van der Waals surface area contributed by atoms with Crippen molar-refractivity contribution >= 4 is 6.03 Å². The minimum atomic E-state index is -0.0137. The van der Waals surface area contributed by atoms with Crippen molar-refractivity contribution in [3.05, 3.63) is 59.4 Å². The number of benzene rings is 1. The van der Waals surface area contributed by atoms with E-state index >= 15 is 0 Å². The molecule has 3 rings (SSSR count). The molecule has 0 saturated carbocycles. The van der Waals surface area contributed by atoms with Crippen LogP contribution in [-0.4, -0.2) is 28.6 Å². The molecule has 110 valence electrons. The van der Waals surface area contributed by atoms with Crippen LogP contribution in [0.3, 0.4) is 0 Å². The van der Waals surface area contributed by atoms with Crippen LogP contribution in [0.2, 0.25) is 0 Å². The summed E-state index contributed by atoms with van der Waals surface area (Å²) in [5.74, 6) is 0. The summed E-state index contributed by atoms with van der Waals surface area (Å²) in [5, 5.41) is 2.93. The molecule has 0 aliphatic carbocycles. The monoisotopic (exact) mass is 283 g/mol. The third kappa shape index (κ3) is 2.53. The van der Waals surface area contributed by atoms with Crippen molar-refractivity contribution in [2.45, 2.75) is 26.4 Å². The highest BCUT2D eigenvalue weighted by Gasteiger charge is 2.31. The van der Waals surface area contributed by atoms with Crippen LogP contribution in [0.15, 0.2) is 42.6 Å². The molecule has 0 bridgehead atoms. The first kappa shape index (κ1) is 13.7. The summed E-state index contributed by atoms with van der Waals surface area (Å²) < 4.78 is 2.24. The molecule has 1 atom stereocenters. The van der Waals surface area contributed by atoms with E-state index in [0.717, 1.165) is 13.1 Å². The Balaban J connectivity index is 2.04. The van der Waals surface area contributed by atoms with E-state index in [9.17, 15) is 4.79 Å². The van der Waals surface area contributed by atoms with Crippen LogP contribution in [0, 0.1) is 6.92 Å². The van der Waals surface area contributed by atoms with Gasteiger partial charge in [0.25, 0.3) is 0 Å². The summed E-state index contributed by atoms with van der Waals surface area (Å²) in [7, 11) is 0. The van der Waals surface area contributed by atoms with Gasteiger partial charge in [-0.3, -0.25) is 0 Å². The molecule has 21 heavy (non-hydrogen) atoms. The predicted molar refractivity (Wildman–Crippen MR) is 83.2 cm³/mol. The van der Waals surface area contributed by atoms with Crippen molar-refractivity contribution in [1.82, 2.24) is 14.8 Å². The highest BCUT2D eigenvalue weighted by atomic mass is 16.2. The Morgan fingerprint density at radius 3 is 2.90 bits per heavy atom. The summed E-state index contributed by atoms with van der Waals surface area (Å²) in [5.41, 5.74) is 3.56. The van der Waals surface area contributed by atoms with Crippen molar-refractivity contribution < 1.29 is 4.79 Å². The normalized spacial score (nSPS) is 17.4. The SMILES string of the molecule is CCNC(=O)N1CCn2cccc2C1c1cccc(C)c1. The summed E-state index contributed by atoms with van der Waals surface area (Å²) in [4.78, 5) is 14.3. The van der Waals surface area contributed by atoms with E-state index in [4.69, 9.17) is 0 Å². The Morgan fingerprint density at radius 2 is 2.14 bits per heavy atom. The number of nitrogens with one attached hydrogen (secondary N) is 1. The Morgan fingerprint density at radius 1 is 1.29 bits per heavy atom. The van der Waals surface area contributed by atoms with Gasteiger partial charge in [-0.2, -0.15) is 0 Å². The molecule has 0 fully saturated rings. The molecule has 1 N–H and O–H groups in total. The lowest BCUT2D eigenvalue weighted by Gasteiger charge is -2.37. The Hall–Kier alpha value is -2.23. The minimum absolute atomic E-state index is 0.0106. The molecule has 0 saturated heterocycles. The van der Waals surface area contributed by atoms with Crippen molar-refractivity contribution in [3.8, 4) is 0 Å². The van der Waals surface area contributed by atoms with E-state index in [1.807, 2.05) is 11.8 Å². The zero-order valence-corrected chi connectivity index (χ0v) is 12.5. The molecule has 1 aliphatic heterocycles. The number of urea groups is 1. The highest BCUT2D eigenvalue weighted by molar-refractivity contribution is 5.75. The largest absolute Gasteiger partial charge is 0.348 e. The topological polar surface area (TPSA) is 37.3 Å². The van der Waals surface area contributed by atoms with E-state index in [1.54, 1.807) is 0 Å².